The predicted molar refractivity (Wildman–Crippen MR) is 87.4 cm³/mol. The van der Waals surface area contributed by atoms with Gasteiger partial charge in [0.05, 0.1) is 6.04 Å². The zero-order valence-electron chi connectivity index (χ0n) is 13.6. The molecule has 3 heteroatoms. The molecule has 1 saturated carbocycles. The first-order chi connectivity index (χ1) is 10.1. The molecule has 0 radical (unpaired) electrons. The Bertz CT molecular complexity index is 484. The van der Waals surface area contributed by atoms with Crippen molar-refractivity contribution >= 4 is 11.6 Å². The lowest BCUT2D eigenvalue weighted by Gasteiger charge is -2.26. The summed E-state index contributed by atoms with van der Waals surface area (Å²) in [5, 5.41) is 5.35. The van der Waals surface area contributed by atoms with Crippen molar-refractivity contribution in [2.24, 2.45) is 5.92 Å². The maximum absolute atomic E-state index is 12.2. The molecule has 1 aliphatic carbocycles. The number of anilines is 1. The number of hydrogen-bond donors (Lipinski definition) is 2. The molecule has 0 aliphatic heterocycles. The minimum absolute atomic E-state index is 0.122. The molecule has 1 aliphatic rings. The fourth-order valence-corrected chi connectivity index (χ4v) is 3.35. The van der Waals surface area contributed by atoms with Crippen LogP contribution in [0, 0.1) is 12.8 Å². The van der Waals surface area contributed by atoms with Crippen molar-refractivity contribution in [1.82, 2.24) is 0 Å². The Labute approximate surface area is 128 Å². The van der Waals surface area contributed by atoms with Gasteiger partial charge in [-0.3, -0.25) is 4.79 Å². The number of amides is 1. The number of nitrogens with two attached hydrogens (primary N) is 1. The molecule has 2 rings (SSSR count). The summed E-state index contributed by atoms with van der Waals surface area (Å²) in [6, 6.07) is 6.82. The van der Waals surface area contributed by atoms with E-state index in [1.54, 1.807) is 0 Å². The SMILES string of the molecule is CCc1cccc(C)c1NC(=O)C[NH2+][C@@H]1CCCC[C@H]1C. The quantitative estimate of drug-likeness (QED) is 0.860. The Balaban J connectivity index is 1.90. The van der Waals surface area contributed by atoms with Crippen molar-refractivity contribution in [3.63, 3.8) is 0 Å². The average Bonchev–Trinajstić information content (AvgIpc) is 2.48. The summed E-state index contributed by atoms with van der Waals surface area (Å²) in [6.45, 7) is 7.03. The Morgan fingerprint density at radius 1 is 1.33 bits per heavy atom. The molecule has 0 bridgehead atoms. The van der Waals surface area contributed by atoms with Crippen molar-refractivity contribution in [3.05, 3.63) is 29.3 Å². The third kappa shape index (κ3) is 4.31. The van der Waals surface area contributed by atoms with Gasteiger partial charge in [-0.2, -0.15) is 0 Å². The molecule has 3 N–H and O–H groups in total. The lowest BCUT2D eigenvalue weighted by molar-refractivity contribution is -0.687. The van der Waals surface area contributed by atoms with E-state index in [1.807, 2.05) is 0 Å². The standard InChI is InChI=1S/C18H28N2O/c1-4-15-10-7-9-14(3)18(15)20-17(21)12-19-16-11-6-5-8-13(16)2/h7,9-10,13,16,19H,4-6,8,11-12H2,1-3H3,(H,20,21)/p+1/t13-,16-/m1/s1. The monoisotopic (exact) mass is 289 g/mol. The predicted octanol–water partition coefficient (Wildman–Crippen LogP) is 2.64. The Hall–Kier alpha value is -1.35. The van der Waals surface area contributed by atoms with E-state index >= 15 is 0 Å². The van der Waals surface area contributed by atoms with Crippen LogP contribution >= 0.6 is 0 Å². The van der Waals surface area contributed by atoms with E-state index in [2.05, 4.69) is 49.6 Å². The van der Waals surface area contributed by atoms with E-state index in [9.17, 15) is 4.79 Å². The number of aryl methyl sites for hydroxylation is 2. The zero-order valence-corrected chi connectivity index (χ0v) is 13.6. The Morgan fingerprint density at radius 2 is 2.10 bits per heavy atom. The van der Waals surface area contributed by atoms with Crippen molar-refractivity contribution in [3.8, 4) is 0 Å². The largest absolute Gasteiger partial charge is 0.336 e. The van der Waals surface area contributed by atoms with Gasteiger partial charge >= 0.3 is 0 Å². The Morgan fingerprint density at radius 3 is 2.81 bits per heavy atom. The molecule has 0 heterocycles. The molecule has 0 aromatic heterocycles. The van der Waals surface area contributed by atoms with Crippen molar-refractivity contribution < 1.29 is 10.1 Å². The zero-order chi connectivity index (χ0) is 15.2. The molecular formula is C18H29N2O+. The van der Waals surface area contributed by atoms with Crippen LogP contribution in [0.4, 0.5) is 5.69 Å². The number of carbonyl (C=O) groups is 1. The molecule has 1 aromatic carbocycles. The van der Waals surface area contributed by atoms with Gasteiger partial charge in [-0.1, -0.05) is 38.5 Å². The lowest BCUT2D eigenvalue weighted by Crippen LogP contribution is -2.93. The van der Waals surface area contributed by atoms with Gasteiger partial charge in [0.2, 0.25) is 0 Å². The molecule has 3 nitrogen and oxygen atoms in total. The molecule has 116 valence electrons. The summed E-state index contributed by atoms with van der Waals surface area (Å²) >= 11 is 0. The van der Waals surface area contributed by atoms with Gasteiger partial charge in [0, 0.05) is 11.6 Å². The first-order valence-electron chi connectivity index (χ1n) is 8.33. The minimum atomic E-state index is 0.122. The van der Waals surface area contributed by atoms with Crippen LogP contribution in [0.25, 0.3) is 0 Å². The molecule has 1 amide bonds. The van der Waals surface area contributed by atoms with E-state index in [-0.39, 0.29) is 5.91 Å². The highest BCUT2D eigenvalue weighted by Gasteiger charge is 2.24. The number of rotatable bonds is 5. The van der Waals surface area contributed by atoms with E-state index in [0.717, 1.165) is 23.6 Å². The molecule has 0 unspecified atom stereocenters. The van der Waals surface area contributed by atoms with Gasteiger partial charge in [0.1, 0.15) is 0 Å². The van der Waals surface area contributed by atoms with Gasteiger partial charge in [-0.15, -0.1) is 0 Å². The molecular weight excluding hydrogens is 260 g/mol. The highest BCUT2D eigenvalue weighted by molar-refractivity contribution is 5.93. The summed E-state index contributed by atoms with van der Waals surface area (Å²) in [5.41, 5.74) is 3.37. The summed E-state index contributed by atoms with van der Waals surface area (Å²) in [5.74, 6) is 0.855. The second-order valence-corrected chi connectivity index (χ2v) is 6.38. The highest BCUT2D eigenvalue weighted by Crippen LogP contribution is 2.22. The fourth-order valence-electron chi connectivity index (χ4n) is 3.35. The smallest absolute Gasteiger partial charge is 0.279 e. The summed E-state index contributed by atoms with van der Waals surface area (Å²) in [4.78, 5) is 12.2. The first kappa shape index (κ1) is 16.0. The highest BCUT2D eigenvalue weighted by atomic mass is 16.1. The summed E-state index contributed by atoms with van der Waals surface area (Å²) < 4.78 is 0. The van der Waals surface area contributed by atoms with Crippen molar-refractivity contribution in [2.45, 2.75) is 58.9 Å². The van der Waals surface area contributed by atoms with E-state index in [1.165, 1.54) is 31.2 Å². The Kier molecular flexibility index (Phi) is 5.80. The van der Waals surface area contributed by atoms with Crippen molar-refractivity contribution in [2.75, 3.05) is 11.9 Å². The molecule has 2 atom stereocenters. The molecule has 21 heavy (non-hydrogen) atoms. The molecule has 0 saturated heterocycles. The number of nitrogens with one attached hydrogen (secondary N) is 1. The van der Waals surface area contributed by atoms with Crippen LogP contribution in [0.5, 0.6) is 0 Å². The van der Waals surface area contributed by atoms with Gasteiger partial charge in [-0.05, 0) is 43.7 Å². The maximum atomic E-state index is 12.2. The van der Waals surface area contributed by atoms with Gasteiger partial charge in [0.25, 0.3) is 5.91 Å². The van der Waals surface area contributed by atoms with Crippen LogP contribution < -0.4 is 10.6 Å². The second-order valence-electron chi connectivity index (χ2n) is 6.38. The topological polar surface area (TPSA) is 45.7 Å². The fraction of sp³-hybridized carbons (Fsp3) is 0.611. The third-order valence-corrected chi connectivity index (χ3v) is 4.79. The molecule has 1 fully saturated rings. The number of carbonyl (C=O) groups excluding carboxylic acids is 1. The third-order valence-electron chi connectivity index (χ3n) is 4.79. The van der Waals surface area contributed by atoms with Crippen LogP contribution in [0.2, 0.25) is 0 Å². The molecule has 0 spiro atoms. The number of para-hydroxylation sites is 1. The summed E-state index contributed by atoms with van der Waals surface area (Å²) in [7, 11) is 0. The summed E-state index contributed by atoms with van der Waals surface area (Å²) in [6.07, 6.45) is 6.16. The minimum Gasteiger partial charge on any atom is -0.336 e. The second kappa shape index (κ2) is 7.60. The first-order valence-corrected chi connectivity index (χ1v) is 8.33. The van der Waals surface area contributed by atoms with Gasteiger partial charge < -0.3 is 10.6 Å². The van der Waals surface area contributed by atoms with E-state index in [0.29, 0.717) is 12.6 Å². The lowest BCUT2D eigenvalue weighted by atomic mass is 9.86. The van der Waals surface area contributed by atoms with E-state index in [4.69, 9.17) is 0 Å². The average molecular weight is 289 g/mol. The normalized spacial score (nSPS) is 22.0. The van der Waals surface area contributed by atoms with Crippen LogP contribution in [0.15, 0.2) is 18.2 Å². The van der Waals surface area contributed by atoms with Gasteiger partial charge in [0.15, 0.2) is 6.54 Å². The van der Waals surface area contributed by atoms with Crippen LogP contribution in [-0.2, 0) is 11.2 Å². The number of quaternary nitrogens is 1. The van der Waals surface area contributed by atoms with Crippen molar-refractivity contribution in [1.29, 1.82) is 0 Å². The number of benzene rings is 1. The van der Waals surface area contributed by atoms with Crippen LogP contribution in [0.3, 0.4) is 0 Å². The van der Waals surface area contributed by atoms with Gasteiger partial charge in [-0.25, -0.2) is 0 Å². The van der Waals surface area contributed by atoms with Crippen LogP contribution in [-0.4, -0.2) is 18.5 Å². The number of hydrogen-bond acceptors (Lipinski definition) is 1. The molecule has 1 aromatic rings. The van der Waals surface area contributed by atoms with Crippen LogP contribution in [0.1, 0.15) is 50.7 Å². The maximum Gasteiger partial charge on any atom is 0.279 e. The van der Waals surface area contributed by atoms with E-state index < -0.39 is 0 Å².